The molecule has 0 radical (unpaired) electrons. The van der Waals surface area contributed by atoms with E-state index in [-0.39, 0.29) is 24.0 Å². The molecule has 4 rings (SSSR count). The third kappa shape index (κ3) is 6.16. The van der Waals surface area contributed by atoms with Gasteiger partial charge in [-0.2, -0.15) is 0 Å². The van der Waals surface area contributed by atoms with E-state index in [2.05, 4.69) is 20.7 Å². The van der Waals surface area contributed by atoms with Crippen LogP contribution in [-0.2, 0) is 32.1 Å². The molecule has 3 amide bonds. The largest absolute Gasteiger partial charge is 0.490 e. The van der Waals surface area contributed by atoms with Crippen LogP contribution < -0.4 is 9.47 Å². The topological polar surface area (TPSA) is 102 Å². The lowest BCUT2D eigenvalue weighted by molar-refractivity contribution is -0.143. The van der Waals surface area contributed by atoms with E-state index in [1.807, 2.05) is 24.3 Å². The maximum Gasteiger partial charge on any atom is 0.343 e. The number of ether oxygens (including phenoxy) is 3. The number of halogens is 1. The van der Waals surface area contributed by atoms with E-state index in [1.54, 1.807) is 30.0 Å². The second kappa shape index (κ2) is 11.8. The first-order valence-corrected chi connectivity index (χ1v) is 13.2. The third-order valence-electron chi connectivity index (χ3n) is 5.87. The molecule has 0 bridgehead atoms. The first-order valence-electron chi connectivity index (χ1n) is 11.6. The van der Waals surface area contributed by atoms with Gasteiger partial charge in [-0.1, -0.05) is 40.2 Å². The molecule has 0 N–H and O–H groups in total. The number of nitrogens with zero attached hydrogens (tertiary/aromatic N) is 2. The summed E-state index contributed by atoms with van der Waals surface area (Å²) in [5.41, 5.74) is 2.85. The van der Waals surface area contributed by atoms with Gasteiger partial charge in [-0.25, -0.2) is 4.79 Å². The highest BCUT2D eigenvalue weighted by atomic mass is 79.9. The molecule has 1 fully saturated rings. The van der Waals surface area contributed by atoms with Gasteiger partial charge in [-0.05, 0) is 60.0 Å². The zero-order valence-corrected chi connectivity index (χ0v) is 22.7. The fourth-order valence-corrected chi connectivity index (χ4v) is 5.23. The minimum atomic E-state index is -0.542. The second-order valence-electron chi connectivity index (χ2n) is 8.22. The lowest BCUT2D eigenvalue weighted by Crippen LogP contribution is -2.44. The normalized spacial score (nSPS) is 16.1. The Balaban J connectivity index is 1.48. The van der Waals surface area contributed by atoms with Crippen LogP contribution in [0.25, 0.3) is 6.08 Å². The van der Waals surface area contributed by atoms with Gasteiger partial charge < -0.3 is 19.1 Å². The first kappa shape index (κ1) is 26.7. The highest BCUT2D eigenvalue weighted by molar-refractivity contribution is 9.10. The van der Waals surface area contributed by atoms with Crippen molar-refractivity contribution in [2.24, 2.45) is 0 Å². The van der Waals surface area contributed by atoms with Crippen LogP contribution in [0.1, 0.15) is 23.6 Å². The zero-order valence-electron chi connectivity index (χ0n) is 20.3. The molecule has 0 unspecified atom stereocenters. The van der Waals surface area contributed by atoms with Gasteiger partial charge in [0.2, 0.25) is 5.91 Å². The fraction of sp³-hybridized carbons (Fsp3) is 0.308. The van der Waals surface area contributed by atoms with Crippen LogP contribution in [0.5, 0.6) is 11.5 Å². The number of methoxy groups -OCH3 is 1. The number of hydrogen-bond acceptors (Lipinski definition) is 8. The van der Waals surface area contributed by atoms with Crippen LogP contribution in [0.3, 0.4) is 0 Å². The van der Waals surface area contributed by atoms with Crippen molar-refractivity contribution in [3.05, 3.63) is 62.5 Å². The molecule has 0 spiro atoms. The molecule has 37 heavy (non-hydrogen) atoms. The second-order valence-corrected chi connectivity index (χ2v) is 10.1. The molecule has 2 aromatic rings. The Kier molecular flexibility index (Phi) is 8.55. The molecular formula is C26H25BrN2O7S. The van der Waals surface area contributed by atoms with Crippen LogP contribution in [0.4, 0.5) is 4.79 Å². The van der Waals surface area contributed by atoms with E-state index >= 15 is 0 Å². The predicted molar refractivity (Wildman–Crippen MR) is 141 cm³/mol. The lowest BCUT2D eigenvalue weighted by Gasteiger charge is -2.29. The molecule has 194 valence electrons. The van der Waals surface area contributed by atoms with Crippen molar-refractivity contribution in [3.63, 3.8) is 0 Å². The average Bonchev–Trinajstić information content (AvgIpc) is 3.16. The molecule has 0 aromatic heterocycles. The smallest absolute Gasteiger partial charge is 0.343 e. The maximum absolute atomic E-state index is 13.1. The number of benzene rings is 2. The average molecular weight is 589 g/mol. The van der Waals surface area contributed by atoms with Gasteiger partial charge in [-0.3, -0.25) is 19.3 Å². The summed E-state index contributed by atoms with van der Waals surface area (Å²) in [6, 6.07) is 11.2. The summed E-state index contributed by atoms with van der Waals surface area (Å²) in [7, 11) is 1.26. The van der Waals surface area contributed by atoms with E-state index in [0.29, 0.717) is 41.2 Å². The zero-order chi connectivity index (χ0) is 26.5. The SMILES string of the molecule is CCOc1cc(/C=C2\SC(=O)N(CC(=O)N3CCc4ccccc4C3)C2=O)c(Br)cc1OCC(=O)OC. The van der Waals surface area contributed by atoms with E-state index in [4.69, 9.17) is 9.47 Å². The summed E-state index contributed by atoms with van der Waals surface area (Å²) < 4.78 is 16.3. The van der Waals surface area contributed by atoms with Gasteiger partial charge >= 0.3 is 5.97 Å². The summed E-state index contributed by atoms with van der Waals surface area (Å²) in [6.45, 7) is 2.54. The van der Waals surface area contributed by atoms with Crippen molar-refractivity contribution in [2.75, 3.05) is 33.4 Å². The summed E-state index contributed by atoms with van der Waals surface area (Å²) in [6.07, 6.45) is 2.29. The van der Waals surface area contributed by atoms with Gasteiger partial charge in [0.1, 0.15) is 6.54 Å². The van der Waals surface area contributed by atoms with Crippen LogP contribution in [0.15, 0.2) is 45.8 Å². The lowest BCUT2D eigenvalue weighted by atomic mass is 10.00. The van der Waals surface area contributed by atoms with Crippen molar-refractivity contribution >= 4 is 56.8 Å². The molecule has 2 heterocycles. The van der Waals surface area contributed by atoms with E-state index < -0.39 is 17.1 Å². The summed E-state index contributed by atoms with van der Waals surface area (Å²) >= 11 is 4.22. The van der Waals surface area contributed by atoms with E-state index in [0.717, 1.165) is 28.6 Å². The van der Waals surface area contributed by atoms with Crippen molar-refractivity contribution in [3.8, 4) is 11.5 Å². The number of amides is 3. The molecule has 2 aliphatic rings. The first-order chi connectivity index (χ1) is 17.8. The van der Waals surface area contributed by atoms with Gasteiger partial charge in [0, 0.05) is 17.6 Å². The molecule has 11 heteroatoms. The van der Waals surface area contributed by atoms with Gasteiger partial charge in [0.25, 0.3) is 11.1 Å². The van der Waals surface area contributed by atoms with Crippen molar-refractivity contribution in [2.45, 2.75) is 19.9 Å². The number of carbonyl (C=O) groups excluding carboxylic acids is 4. The molecule has 0 saturated carbocycles. The van der Waals surface area contributed by atoms with E-state index in [1.165, 1.54) is 12.7 Å². The summed E-state index contributed by atoms with van der Waals surface area (Å²) in [5.74, 6) is -0.667. The minimum Gasteiger partial charge on any atom is -0.490 e. The Morgan fingerprint density at radius 2 is 1.84 bits per heavy atom. The van der Waals surface area contributed by atoms with Crippen molar-refractivity contribution in [1.29, 1.82) is 0 Å². The van der Waals surface area contributed by atoms with E-state index in [9.17, 15) is 19.2 Å². The van der Waals surface area contributed by atoms with Gasteiger partial charge in [-0.15, -0.1) is 0 Å². The Labute approximate surface area is 226 Å². The standard InChI is InChI=1S/C26H25BrN2O7S/c1-3-35-20-10-18(19(27)12-21(20)36-15-24(31)34-2)11-22-25(32)29(26(33)37-22)14-23(30)28-9-8-16-6-4-5-7-17(16)13-28/h4-7,10-12H,3,8-9,13-15H2,1-2H3/b22-11-. The Bertz CT molecular complexity index is 1280. The van der Waals surface area contributed by atoms with Crippen LogP contribution >= 0.6 is 27.7 Å². The number of hydrogen-bond donors (Lipinski definition) is 0. The minimum absolute atomic E-state index is 0.188. The molecule has 1 saturated heterocycles. The number of imide groups is 1. The number of thioether (sulfide) groups is 1. The quantitative estimate of drug-likeness (QED) is 0.336. The van der Waals surface area contributed by atoms with Crippen LogP contribution in [-0.4, -0.2) is 66.2 Å². The van der Waals surface area contributed by atoms with Crippen LogP contribution in [0.2, 0.25) is 0 Å². The maximum atomic E-state index is 13.1. The molecule has 0 aliphatic carbocycles. The Morgan fingerprint density at radius 1 is 1.11 bits per heavy atom. The summed E-state index contributed by atoms with van der Waals surface area (Å²) in [4.78, 5) is 52.9. The Morgan fingerprint density at radius 3 is 2.57 bits per heavy atom. The monoisotopic (exact) mass is 588 g/mol. The van der Waals surface area contributed by atoms with Crippen LogP contribution in [0, 0.1) is 0 Å². The van der Waals surface area contributed by atoms with Crippen molar-refractivity contribution < 1.29 is 33.4 Å². The molecule has 2 aliphatic heterocycles. The highest BCUT2D eigenvalue weighted by Gasteiger charge is 2.37. The number of fused-ring (bicyclic) bond motifs is 1. The highest BCUT2D eigenvalue weighted by Crippen LogP contribution is 2.38. The molecule has 0 atom stereocenters. The summed E-state index contributed by atoms with van der Waals surface area (Å²) in [5, 5.41) is -0.499. The number of esters is 1. The third-order valence-corrected chi connectivity index (χ3v) is 7.47. The van der Waals surface area contributed by atoms with Crippen molar-refractivity contribution in [1.82, 2.24) is 9.80 Å². The fourth-order valence-electron chi connectivity index (χ4n) is 3.96. The molecule has 2 aromatic carbocycles. The number of rotatable bonds is 8. The predicted octanol–water partition coefficient (Wildman–Crippen LogP) is 4.02. The molecular weight excluding hydrogens is 564 g/mol. The molecule has 9 nitrogen and oxygen atoms in total. The van der Waals surface area contributed by atoms with Gasteiger partial charge in [0.05, 0.1) is 18.6 Å². The van der Waals surface area contributed by atoms with Gasteiger partial charge in [0.15, 0.2) is 18.1 Å². The Hall–Kier alpha value is -3.31. The number of carbonyl (C=O) groups is 4.